The molecule has 0 bridgehead atoms. The fraction of sp³-hybridized carbons (Fsp3) is 0.133. The summed E-state index contributed by atoms with van der Waals surface area (Å²) in [5, 5.41) is 24.2. The van der Waals surface area contributed by atoms with Crippen molar-refractivity contribution in [2.45, 2.75) is 13.8 Å². The van der Waals surface area contributed by atoms with E-state index < -0.39 is 15.8 Å². The van der Waals surface area contributed by atoms with Crippen molar-refractivity contribution >= 4 is 23.0 Å². The molecule has 0 unspecified atom stereocenters. The first kappa shape index (κ1) is 16.1. The Labute approximate surface area is 131 Å². The van der Waals surface area contributed by atoms with Crippen LogP contribution in [0.25, 0.3) is 0 Å². The van der Waals surface area contributed by atoms with Crippen LogP contribution in [0.1, 0.15) is 21.5 Å². The summed E-state index contributed by atoms with van der Waals surface area (Å²) >= 11 is 0. The molecule has 2 aromatic carbocycles. The van der Waals surface area contributed by atoms with Gasteiger partial charge in [0.25, 0.3) is 17.3 Å². The Hall–Kier alpha value is -3.29. The van der Waals surface area contributed by atoms with Crippen molar-refractivity contribution in [3.8, 4) is 0 Å². The van der Waals surface area contributed by atoms with Gasteiger partial charge in [-0.1, -0.05) is 6.07 Å². The van der Waals surface area contributed by atoms with Crippen LogP contribution in [-0.4, -0.2) is 15.8 Å². The van der Waals surface area contributed by atoms with E-state index in [9.17, 15) is 25.0 Å². The van der Waals surface area contributed by atoms with E-state index in [0.29, 0.717) is 11.1 Å². The van der Waals surface area contributed by atoms with Crippen LogP contribution < -0.4 is 5.32 Å². The predicted molar refractivity (Wildman–Crippen MR) is 83.6 cm³/mol. The van der Waals surface area contributed by atoms with E-state index in [-0.39, 0.29) is 22.6 Å². The molecule has 0 spiro atoms. The first-order valence-electron chi connectivity index (χ1n) is 6.61. The molecule has 2 rings (SSSR count). The van der Waals surface area contributed by atoms with Crippen LogP contribution in [-0.2, 0) is 0 Å². The first-order chi connectivity index (χ1) is 10.8. The summed E-state index contributed by atoms with van der Waals surface area (Å²) in [6, 6.07) is 8.35. The van der Waals surface area contributed by atoms with Gasteiger partial charge in [0.15, 0.2) is 0 Å². The first-order valence-corrected chi connectivity index (χ1v) is 6.61. The minimum atomic E-state index is -0.527. The maximum Gasteiger partial charge on any atom is 0.274 e. The smallest absolute Gasteiger partial charge is 0.274 e. The van der Waals surface area contributed by atoms with Gasteiger partial charge in [-0.05, 0) is 32.0 Å². The minimum absolute atomic E-state index is 0.0764. The van der Waals surface area contributed by atoms with Crippen molar-refractivity contribution in [1.82, 2.24) is 0 Å². The average molecular weight is 315 g/mol. The zero-order valence-electron chi connectivity index (χ0n) is 12.4. The third-order valence-electron chi connectivity index (χ3n) is 3.32. The van der Waals surface area contributed by atoms with Gasteiger partial charge in [0.2, 0.25) is 0 Å². The highest BCUT2D eigenvalue weighted by Gasteiger charge is 2.16. The second-order valence-corrected chi connectivity index (χ2v) is 4.97. The van der Waals surface area contributed by atoms with E-state index in [1.54, 1.807) is 13.0 Å². The van der Waals surface area contributed by atoms with E-state index in [1.807, 2.05) is 0 Å². The summed E-state index contributed by atoms with van der Waals surface area (Å²) in [7, 11) is 0. The molecule has 0 aliphatic rings. The summed E-state index contributed by atoms with van der Waals surface area (Å²) < 4.78 is 0. The number of carbonyl (C=O) groups excluding carboxylic acids is 1. The number of nitro benzene ring substituents is 2. The fourth-order valence-corrected chi connectivity index (χ4v) is 2.09. The third kappa shape index (κ3) is 3.49. The molecule has 0 fully saturated rings. The molecule has 0 aliphatic heterocycles. The number of hydrogen-bond acceptors (Lipinski definition) is 5. The van der Waals surface area contributed by atoms with Gasteiger partial charge in [-0.15, -0.1) is 0 Å². The van der Waals surface area contributed by atoms with Gasteiger partial charge in [0.1, 0.15) is 0 Å². The second-order valence-electron chi connectivity index (χ2n) is 4.97. The Bertz CT molecular complexity index is 817. The normalized spacial score (nSPS) is 10.2. The maximum atomic E-state index is 12.2. The lowest BCUT2D eigenvalue weighted by atomic mass is 10.1. The van der Waals surface area contributed by atoms with Crippen LogP contribution in [0.15, 0.2) is 36.4 Å². The lowest BCUT2D eigenvalue weighted by molar-refractivity contribution is -0.385. The van der Waals surface area contributed by atoms with Gasteiger partial charge in [-0.25, -0.2) is 0 Å². The predicted octanol–water partition coefficient (Wildman–Crippen LogP) is 3.37. The van der Waals surface area contributed by atoms with Crippen molar-refractivity contribution in [3.05, 3.63) is 73.3 Å². The molecule has 2 aromatic rings. The number of amides is 1. The molecular formula is C15H13N3O5. The molecule has 8 heteroatoms. The number of nitrogens with zero attached hydrogens (tertiary/aromatic N) is 2. The molecule has 118 valence electrons. The molecule has 0 aliphatic carbocycles. The van der Waals surface area contributed by atoms with Crippen molar-refractivity contribution in [1.29, 1.82) is 0 Å². The molecule has 0 radical (unpaired) electrons. The van der Waals surface area contributed by atoms with Gasteiger partial charge in [-0.2, -0.15) is 0 Å². The van der Waals surface area contributed by atoms with Gasteiger partial charge in [0.05, 0.1) is 9.85 Å². The standard InChI is InChI=1S/C15H13N3O5/c1-9-3-5-12(8-14(9)18(22)23)16-15(19)11-4-6-13(17(20)21)10(2)7-11/h3-8H,1-2H3,(H,16,19). The summed E-state index contributed by atoms with van der Waals surface area (Å²) in [5.41, 5.74) is 1.19. The molecule has 0 atom stereocenters. The number of rotatable bonds is 4. The summed E-state index contributed by atoms with van der Waals surface area (Å²) in [4.78, 5) is 32.8. The highest BCUT2D eigenvalue weighted by atomic mass is 16.6. The fourth-order valence-electron chi connectivity index (χ4n) is 2.09. The van der Waals surface area contributed by atoms with Crippen LogP contribution in [0.2, 0.25) is 0 Å². The number of nitrogens with one attached hydrogen (secondary N) is 1. The van der Waals surface area contributed by atoms with Gasteiger partial charge in [0, 0.05) is 34.5 Å². The molecular weight excluding hydrogens is 302 g/mol. The number of carbonyl (C=O) groups is 1. The zero-order valence-corrected chi connectivity index (χ0v) is 12.4. The Balaban J connectivity index is 2.26. The zero-order chi connectivity index (χ0) is 17.1. The average Bonchev–Trinajstić information content (AvgIpc) is 2.48. The maximum absolute atomic E-state index is 12.2. The van der Waals surface area contributed by atoms with E-state index in [0.717, 1.165) is 0 Å². The quantitative estimate of drug-likeness (QED) is 0.686. The van der Waals surface area contributed by atoms with E-state index in [4.69, 9.17) is 0 Å². The lowest BCUT2D eigenvalue weighted by Crippen LogP contribution is -2.12. The Morgan fingerprint density at radius 2 is 1.57 bits per heavy atom. The summed E-state index contributed by atoms with van der Waals surface area (Å²) in [5.74, 6) is -0.499. The Morgan fingerprint density at radius 3 is 2.13 bits per heavy atom. The SMILES string of the molecule is Cc1cc(C(=O)Nc2ccc(C)c([N+](=O)[O-])c2)ccc1[N+](=O)[O-]. The van der Waals surface area contributed by atoms with E-state index in [1.165, 1.54) is 37.3 Å². The largest absolute Gasteiger partial charge is 0.322 e. The molecule has 0 saturated carbocycles. The van der Waals surface area contributed by atoms with Crippen molar-refractivity contribution in [2.24, 2.45) is 0 Å². The minimum Gasteiger partial charge on any atom is -0.322 e. The Kier molecular flexibility index (Phi) is 4.35. The lowest BCUT2D eigenvalue weighted by Gasteiger charge is -2.07. The molecule has 0 heterocycles. The number of aryl methyl sites for hydroxylation is 2. The number of anilines is 1. The molecule has 0 aromatic heterocycles. The van der Waals surface area contributed by atoms with Crippen LogP contribution in [0.4, 0.5) is 17.1 Å². The highest BCUT2D eigenvalue weighted by Crippen LogP contribution is 2.23. The van der Waals surface area contributed by atoms with Crippen molar-refractivity contribution in [2.75, 3.05) is 5.32 Å². The van der Waals surface area contributed by atoms with Gasteiger partial charge in [-0.3, -0.25) is 25.0 Å². The summed E-state index contributed by atoms with van der Waals surface area (Å²) in [6.45, 7) is 3.13. The Morgan fingerprint density at radius 1 is 0.913 bits per heavy atom. The van der Waals surface area contributed by atoms with E-state index in [2.05, 4.69) is 5.32 Å². The number of nitro groups is 2. The van der Waals surface area contributed by atoms with Crippen LogP contribution >= 0.6 is 0 Å². The summed E-state index contributed by atoms with van der Waals surface area (Å²) in [6.07, 6.45) is 0. The third-order valence-corrected chi connectivity index (χ3v) is 3.32. The molecule has 0 saturated heterocycles. The van der Waals surface area contributed by atoms with Crippen LogP contribution in [0.5, 0.6) is 0 Å². The topological polar surface area (TPSA) is 115 Å². The molecule has 8 nitrogen and oxygen atoms in total. The highest BCUT2D eigenvalue weighted by molar-refractivity contribution is 6.04. The monoisotopic (exact) mass is 315 g/mol. The van der Waals surface area contributed by atoms with Crippen LogP contribution in [0, 0.1) is 34.1 Å². The molecule has 1 N–H and O–H groups in total. The van der Waals surface area contributed by atoms with Gasteiger partial charge < -0.3 is 5.32 Å². The van der Waals surface area contributed by atoms with Gasteiger partial charge >= 0.3 is 0 Å². The van der Waals surface area contributed by atoms with Crippen molar-refractivity contribution < 1.29 is 14.6 Å². The molecule has 1 amide bonds. The molecule has 23 heavy (non-hydrogen) atoms. The number of hydrogen-bond donors (Lipinski definition) is 1. The van der Waals surface area contributed by atoms with E-state index >= 15 is 0 Å². The second kappa shape index (κ2) is 6.22. The number of benzene rings is 2. The van der Waals surface area contributed by atoms with Crippen LogP contribution in [0.3, 0.4) is 0 Å². The van der Waals surface area contributed by atoms with Crippen molar-refractivity contribution in [3.63, 3.8) is 0 Å².